The van der Waals surface area contributed by atoms with Crippen LogP contribution in [0.2, 0.25) is 0 Å². The molecule has 0 radical (unpaired) electrons. The Labute approximate surface area is 454 Å². The lowest BCUT2D eigenvalue weighted by Gasteiger charge is -2.27. The Morgan fingerprint density at radius 1 is 0.466 bits per heavy atom. The molecular formula is C63H126N2O7P+. The summed E-state index contributed by atoms with van der Waals surface area (Å²) in [6.07, 6.45) is 62.2. The zero-order valence-corrected chi connectivity index (χ0v) is 50.6. The van der Waals surface area contributed by atoms with Crippen LogP contribution in [-0.4, -0.2) is 74.3 Å². The first-order chi connectivity index (χ1) is 35.4. The monoisotopic (exact) mass is 1050 g/mol. The Bertz CT molecular complexity index is 1260. The maximum atomic E-state index is 13.5. The van der Waals surface area contributed by atoms with Crippen LogP contribution in [0.15, 0.2) is 12.2 Å². The molecule has 0 aliphatic rings. The maximum absolute atomic E-state index is 13.5. The van der Waals surface area contributed by atoms with E-state index in [9.17, 15) is 19.0 Å². The molecule has 0 aliphatic carbocycles. The largest absolute Gasteiger partial charge is 0.472 e. The highest BCUT2D eigenvalue weighted by Gasteiger charge is 2.30. The molecule has 0 fully saturated rings. The van der Waals surface area contributed by atoms with Gasteiger partial charge in [0.15, 0.2) is 0 Å². The minimum atomic E-state index is -4.44. The standard InChI is InChI=1S/C63H125N2O7P/c1-7-10-13-16-19-22-25-27-28-29-30-31-32-33-34-35-36-38-41-44-47-50-53-56-63(67)72-61(54-51-48-45-42-39-24-21-18-15-12-9-3)60(59-71-73(68,69)70-58-57-65(4,5)6)64-62(66)55-52-49-46-43-40-37-26-23-20-17-14-11-8-2/h51,54,60-61H,7-50,52-53,55-59H2,1-6H3,(H-,64,66,68,69)/p+1/b54-51-. The molecule has 0 saturated heterocycles. The molecule has 2 N–H and O–H groups in total. The van der Waals surface area contributed by atoms with Crippen LogP contribution in [0.3, 0.4) is 0 Å². The minimum Gasteiger partial charge on any atom is -0.456 e. The second-order valence-electron chi connectivity index (χ2n) is 23.3. The third-order valence-corrected chi connectivity index (χ3v) is 15.7. The number of amides is 1. The molecule has 0 rings (SSSR count). The number of hydrogen-bond acceptors (Lipinski definition) is 6. The van der Waals surface area contributed by atoms with Crippen LogP contribution in [0, 0.1) is 0 Å². The van der Waals surface area contributed by atoms with Crippen molar-refractivity contribution in [1.29, 1.82) is 0 Å². The fourth-order valence-corrected chi connectivity index (χ4v) is 10.5. The number of likely N-dealkylation sites (N-methyl/N-ethyl adjacent to an activating group) is 1. The van der Waals surface area contributed by atoms with Crippen molar-refractivity contribution in [3.63, 3.8) is 0 Å². The van der Waals surface area contributed by atoms with Crippen molar-refractivity contribution >= 4 is 19.7 Å². The average Bonchev–Trinajstić information content (AvgIpc) is 3.35. The lowest BCUT2D eigenvalue weighted by atomic mass is 10.0. The van der Waals surface area contributed by atoms with Crippen LogP contribution < -0.4 is 5.32 Å². The van der Waals surface area contributed by atoms with Gasteiger partial charge in [-0.05, 0) is 31.8 Å². The number of unbranched alkanes of at least 4 members (excludes halogenated alkanes) is 43. The SMILES string of the molecule is CCCCCCCCCCC/C=C\C(OC(=O)CCCCCCCCCCCCCCCCCCCCCCCCC)C(COP(=O)(O)OCC[N+](C)(C)C)NC(=O)CCCCCCCCCCCCCCC. The molecule has 0 aromatic heterocycles. The van der Waals surface area contributed by atoms with E-state index in [0.29, 0.717) is 23.9 Å². The second-order valence-corrected chi connectivity index (χ2v) is 24.8. The van der Waals surface area contributed by atoms with E-state index in [0.717, 1.165) is 57.8 Å². The van der Waals surface area contributed by atoms with Crippen molar-refractivity contribution < 1.29 is 37.3 Å². The molecule has 434 valence electrons. The quantitative estimate of drug-likeness (QED) is 0.0205. The summed E-state index contributed by atoms with van der Waals surface area (Å²) in [5, 5.41) is 3.06. The van der Waals surface area contributed by atoms with Gasteiger partial charge in [-0.3, -0.25) is 18.6 Å². The van der Waals surface area contributed by atoms with Crippen molar-refractivity contribution in [2.24, 2.45) is 0 Å². The Morgan fingerprint density at radius 2 is 0.781 bits per heavy atom. The van der Waals surface area contributed by atoms with Gasteiger partial charge in [0.05, 0.1) is 33.8 Å². The van der Waals surface area contributed by atoms with E-state index in [-0.39, 0.29) is 25.1 Å². The highest BCUT2D eigenvalue weighted by molar-refractivity contribution is 7.47. The van der Waals surface area contributed by atoms with Crippen molar-refractivity contribution in [3.8, 4) is 0 Å². The number of nitrogens with zero attached hydrogens (tertiary/aromatic N) is 1. The van der Waals surface area contributed by atoms with Gasteiger partial charge >= 0.3 is 13.8 Å². The number of phosphoric acid groups is 1. The number of ether oxygens (including phenoxy) is 1. The normalized spacial score (nSPS) is 13.7. The van der Waals surface area contributed by atoms with Crippen molar-refractivity contribution in [3.05, 3.63) is 12.2 Å². The number of hydrogen-bond donors (Lipinski definition) is 2. The number of quaternary nitrogens is 1. The summed E-state index contributed by atoms with van der Waals surface area (Å²) in [6, 6.07) is -0.838. The third kappa shape index (κ3) is 55.3. The van der Waals surface area contributed by atoms with Crippen LogP contribution in [0.4, 0.5) is 0 Å². The number of nitrogens with one attached hydrogen (secondary N) is 1. The molecule has 0 saturated carbocycles. The number of phosphoric ester groups is 1. The molecule has 0 aliphatic heterocycles. The van der Waals surface area contributed by atoms with E-state index in [2.05, 4.69) is 26.1 Å². The van der Waals surface area contributed by atoms with Gasteiger partial charge in [0.25, 0.3) is 0 Å². The zero-order chi connectivity index (χ0) is 53.6. The summed E-state index contributed by atoms with van der Waals surface area (Å²) >= 11 is 0. The molecule has 1 amide bonds. The summed E-state index contributed by atoms with van der Waals surface area (Å²) in [6.45, 7) is 7.06. The molecule has 0 spiro atoms. The molecule has 9 nitrogen and oxygen atoms in total. The van der Waals surface area contributed by atoms with E-state index >= 15 is 0 Å². The molecule has 3 atom stereocenters. The van der Waals surface area contributed by atoms with Gasteiger partial charge in [-0.25, -0.2) is 4.57 Å². The first kappa shape index (κ1) is 71.8. The smallest absolute Gasteiger partial charge is 0.456 e. The van der Waals surface area contributed by atoms with Gasteiger partial charge in [-0.2, -0.15) is 0 Å². The highest BCUT2D eigenvalue weighted by Crippen LogP contribution is 2.43. The molecule has 0 aromatic carbocycles. The van der Waals surface area contributed by atoms with Crippen LogP contribution in [0.1, 0.15) is 329 Å². The van der Waals surface area contributed by atoms with Gasteiger partial charge in [0.1, 0.15) is 19.3 Å². The molecular weight excluding hydrogens is 928 g/mol. The Balaban J connectivity index is 5.04. The molecule has 0 heterocycles. The van der Waals surface area contributed by atoms with Gasteiger partial charge in [0.2, 0.25) is 5.91 Å². The van der Waals surface area contributed by atoms with E-state index in [4.69, 9.17) is 13.8 Å². The van der Waals surface area contributed by atoms with Crippen LogP contribution in [0.5, 0.6) is 0 Å². The summed E-state index contributed by atoms with van der Waals surface area (Å²) in [4.78, 5) is 37.6. The number of carbonyl (C=O) groups is 2. The predicted molar refractivity (Wildman–Crippen MR) is 314 cm³/mol. The van der Waals surface area contributed by atoms with E-state index in [1.54, 1.807) is 0 Å². The molecule has 73 heavy (non-hydrogen) atoms. The number of esters is 1. The molecule has 0 aromatic rings. The van der Waals surface area contributed by atoms with Gasteiger partial charge in [-0.1, -0.05) is 297 Å². The summed E-state index contributed by atoms with van der Waals surface area (Å²) in [7, 11) is 1.52. The van der Waals surface area contributed by atoms with Crippen molar-refractivity contribution in [2.75, 3.05) is 40.9 Å². The molecule has 3 unspecified atom stereocenters. The Kier molecular flexibility index (Phi) is 53.2. The minimum absolute atomic E-state index is 0.0456. The number of rotatable bonds is 59. The number of allylic oxidation sites excluding steroid dienone is 1. The lowest BCUT2D eigenvalue weighted by Crippen LogP contribution is -2.47. The van der Waals surface area contributed by atoms with Crippen molar-refractivity contribution in [1.82, 2.24) is 5.32 Å². The fraction of sp³-hybridized carbons (Fsp3) is 0.937. The average molecular weight is 1050 g/mol. The fourth-order valence-electron chi connectivity index (χ4n) is 9.77. The van der Waals surface area contributed by atoms with Gasteiger partial charge in [0, 0.05) is 12.8 Å². The first-order valence-corrected chi connectivity index (χ1v) is 33.5. The number of carbonyl (C=O) groups excluding carboxylic acids is 2. The second kappa shape index (κ2) is 54.1. The lowest BCUT2D eigenvalue weighted by molar-refractivity contribution is -0.870. The van der Waals surface area contributed by atoms with E-state index in [1.165, 1.54) is 238 Å². The Hall–Kier alpha value is -1.25. The van der Waals surface area contributed by atoms with Gasteiger partial charge < -0.3 is 19.4 Å². The maximum Gasteiger partial charge on any atom is 0.472 e. The summed E-state index contributed by atoms with van der Waals surface area (Å²) in [5.41, 5.74) is 0. The highest BCUT2D eigenvalue weighted by atomic mass is 31.2. The summed E-state index contributed by atoms with van der Waals surface area (Å²) < 4.78 is 30.7. The van der Waals surface area contributed by atoms with Gasteiger partial charge in [-0.15, -0.1) is 0 Å². The molecule has 0 bridgehead atoms. The van der Waals surface area contributed by atoms with Crippen molar-refractivity contribution in [2.45, 2.75) is 341 Å². The molecule has 10 heteroatoms. The van der Waals surface area contributed by atoms with E-state index < -0.39 is 20.0 Å². The topological polar surface area (TPSA) is 111 Å². The first-order valence-electron chi connectivity index (χ1n) is 32.0. The van der Waals surface area contributed by atoms with Crippen LogP contribution in [-0.2, 0) is 27.9 Å². The zero-order valence-electron chi connectivity index (χ0n) is 49.7. The Morgan fingerprint density at radius 3 is 1.12 bits per heavy atom. The van der Waals surface area contributed by atoms with Crippen LogP contribution in [0.25, 0.3) is 0 Å². The summed E-state index contributed by atoms with van der Waals surface area (Å²) in [5.74, 6) is -0.484. The van der Waals surface area contributed by atoms with E-state index in [1.807, 2.05) is 33.3 Å². The third-order valence-electron chi connectivity index (χ3n) is 14.7. The van der Waals surface area contributed by atoms with Crippen LogP contribution >= 0.6 is 7.82 Å². The predicted octanol–water partition coefficient (Wildman–Crippen LogP) is 19.6.